The number of hydrogen-bond donors (Lipinski definition) is 1. The maximum absolute atomic E-state index is 11.4. The van der Waals surface area contributed by atoms with E-state index in [1.807, 2.05) is 36.4 Å². The topological polar surface area (TPSA) is 101 Å². The Balaban J connectivity index is 1.75. The number of carbonyl (C=O) groups is 1. The van der Waals surface area contributed by atoms with Gasteiger partial charge in [0.1, 0.15) is 6.10 Å². The maximum atomic E-state index is 11.4. The highest BCUT2D eigenvalue weighted by Crippen LogP contribution is 2.34. The first-order chi connectivity index (χ1) is 11.6. The lowest BCUT2D eigenvalue weighted by Crippen LogP contribution is -2.48. The summed E-state index contributed by atoms with van der Waals surface area (Å²) in [5.74, 6) is -0.519. The van der Waals surface area contributed by atoms with Crippen LogP contribution in [0, 0.1) is 11.3 Å². The zero-order valence-electron chi connectivity index (χ0n) is 13.1. The SMILES string of the molecule is CC(=O)O[C@@H]1[C@H]2OCO[C@H]2O[C@@H]1[C@H](C#N)N(O)Cc1ccccc1. The molecule has 24 heavy (non-hydrogen) atoms. The summed E-state index contributed by atoms with van der Waals surface area (Å²) in [5, 5.41) is 20.7. The Hall–Kier alpha value is -2.02. The lowest BCUT2D eigenvalue weighted by Gasteiger charge is -2.29. The molecule has 1 aromatic rings. The largest absolute Gasteiger partial charge is 0.457 e. The van der Waals surface area contributed by atoms with Gasteiger partial charge in [-0.15, -0.1) is 0 Å². The fourth-order valence-corrected chi connectivity index (χ4v) is 2.90. The standard InChI is InChI=1S/C16H18N2O6/c1-10(19)23-14-13(24-16-15(14)21-9-22-16)12(7-17)18(20)8-11-5-3-2-4-6-11/h2-6,12-16,20H,8-9H2,1H3/t12-,13+,14-,15+,16-/m0/s1. The molecule has 3 rings (SSSR count). The molecule has 0 saturated carbocycles. The summed E-state index contributed by atoms with van der Waals surface area (Å²) in [4.78, 5) is 11.4. The molecule has 0 unspecified atom stereocenters. The molecule has 0 aromatic heterocycles. The number of nitriles is 1. The van der Waals surface area contributed by atoms with Gasteiger partial charge in [0.05, 0.1) is 12.6 Å². The molecule has 8 heteroatoms. The average Bonchev–Trinajstić information content (AvgIpc) is 3.12. The molecule has 0 aliphatic carbocycles. The van der Waals surface area contributed by atoms with Crippen LogP contribution in [0.4, 0.5) is 0 Å². The van der Waals surface area contributed by atoms with Crippen molar-refractivity contribution < 1.29 is 28.9 Å². The van der Waals surface area contributed by atoms with Gasteiger partial charge in [0.2, 0.25) is 0 Å². The molecule has 2 aliphatic rings. The Morgan fingerprint density at radius 1 is 1.46 bits per heavy atom. The smallest absolute Gasteiger partial charge is 0.303 e. The number of rotatable bonds is 5. The number of nitrogens with zero attached hydrogens (tertiary/aromatic N) is 2. The van der Waals surface area contributed by atoms with Crippen LogP contribution >= 0.6 is 0 Å². The van der Waals surface area contributed by atoms with Crippen LogP contribution in [0.1, 0.15) is 12.5 Å². The Kier molecular flexibility index (Phi) is 5.08. The highest BCUT2D eigenvalue weighted by atomic mass is 16.8. The minimum atomic E-state index is -1.05. The third kappa shape index (κ3) is 3.40. The summed E-state index contributed by atoms with van der Waals surface area (Å²) < 4.78 is 21.6. The van der Waals surface area contributed by atoms with Crippen molar-refractivity contribution in [1.29, 1.82) is 5.26 Å². The molecule has 2 fully saturated rings. The van der Waals surface area contributed by atoms with Crippen LogP contribution in [0.5, 0.6) is 0 Å². The number of benzene rings is 1. The van der Waals surface area contributed by atoms with Gasteiger partial charge in [-0.25, -0.2) is 0 Å². The van der Waals surface area contributed by atoms with Crippen LogP contribution in [0.2, 0.25) is 0 Å². The van der Waals surface area contributed by atoms with Gasteiger partial charge in [0.15, 0.2) is 31.3 Å². The van der Waals surface area contributed by atoms with Crippen molar-refractivity contribution in [3.05, 3.63) is 35.9 Å². The van der Waals surface area contributed by atoms with Gasteiger partial charge in [-0.2, -0.15) is 10.3 Å². The molecule has 0 bridgehead atoms. The zero-order valence-corrected chi connectivity index (χ0v) is 13.1. The summed E-state index contributed by atoms with van der Waals surface area (Å²) in [5.41, 5.74) is 0.829. The predicted octanol–water partition coefficient (Wildman–Crippen LogP) is 0.799. The first-order valence-electron chi connectivity index (χ1n) is 7.55. The van der Waals surface area contributed by atoms with E-state index in [4.69, 9.17) is 18.9 Å². The van der Waals surface area contributed by atoms with Crippen LogP contribution in [-0.4, -0.2) is 53.7 Å². The molecule has 5 atom stereocenters. The molecule has 2 saturated heterocycles. The number of fused-ring (bicyclic) bond motifs is 1. The van der Waals surface area contributed by atoms with Crippen LogP contribution in [0.3, 0.4) is 0 Å². The minimum Gasteiger partial charge on any atom is -0.457 e. The molecule has 2 aliphatic heterocycles. The van der Waals surface area contributed by atoms with Crippen molar-refractivity contribution in [2.45, 2.75) is 44.1 Å². The van der Waals surface area contributed by atoms with Gasteiger partial charge in [-0.1, -0.05) is 30.3 Å². The summed E-state index contributed by atoms with van der Waals surface area (Å²) in [6.45, 7) is 1.43. The third-order valence-corrected chi connectivity index (χ3v) is 3.95. The second-order valence-corrected chi connectivity index (χ2v) is 5.62. The number of carbonyl (C=O) groups excluding carboxylic acids is 1. The van der Waals surface area contributed by atoms with Crippen molar-refractivity contribution >= 4 is 5.97 Å². The summed E-state index contributed by atoms with van der Waals surface area (Å²) in [6, 6.07) is 10.2. The molecule has 128 valence electrons. The van der Waals surface area contributed by atoms with E-state index in [-0.39, 0.29) is 13.3 Å². The number of ether oxygens (including phenoxy) is 4. The summed E-state index contributed by atoms with van der Waals surface area (Å²) >= 11 is 0. The van der Waals surface area contributed by atoms with Crippen molar-refractivity contribution in [2.24, 2.45) is 0 Å². The van der Waals surface area contributed by atoms with Gasteiger partial charge < -0.3 is 24.2 Å². The highest BCUT2D eigenvalue weighted by molar-refractivity contribution is 5.66. The van der Waals surface area contributed by atoms with E-state index in [1.54, 1.807) is 0 Å². The van der Waals surface area contributed by atoms with E-state index < -0.39 is 36.6 Å². The predicted molar refractivity (Wildman–Crippen MR) is 78.2 cm³/mol. The van der Waals surface area contributed by atoms with Gasteiger partial charge in [-0.05, 0) is 5.56 Å². The number of hydrogen-bond acceptors (Lipinski definition) is 8. The molecule has 0 amide bonds. The summed E-state index contributed by atoms with van der Waals surface area (Å²) in [7, 11) is 0. The van der Waals surface area contributed by atoms with Gasteiger partial charge in [-0.3, -0.25) is 4.79 Å². The lowest BCUT2D eigenvalue weighted by molar-refractivity contribution is -0.196. The lowest BCUT2D eigenvalue weighted by atomic mass is 10.0. The van der Waals surface area contributed by atoms with Crippen LogP contribution in [-0.2, 0) is 30.3 Å². The van der Waals surface area contributed by atoms with Crippen molar-refractivity contribution in [3.63, 3.8) is 0 Å². The zero-order chi connectivity index (χ0) is 17.1. The van der Waals surface area contributed by atoms with Crippen molar-refractivity contribution in [3.8, 4) is 6.07 Å². The van der Waals surface area contributed by atoms with E-state index in [9.17, 15) is 15.3 Å². The molecular formula is C16H18N2O6. The first-order valence-corrected chi connectivity index (χ1v) is 7.55. The van der Waals surface area contributed by atoms with Crippen molar-refractivity contribution in [1.82, 2.24) is 5.06 Å². The van der Waals surface area contributed by atoms with E-state index in [0.29, 0.717) is 0 Å². The van der Waals surface area contributed by atoms with E-state index >= 15 is 0 Å². The average molecular weight is 334 g/mol. The number of hydroxylamine groups is 2. The Bertz CT molecular complexity index is 619. The molecule has 1 aromatic carbocycles. The number of esters is 1. The fraction of sp³-hybridized carbons (Fsp3) is 0.500. The van der Waals surface area contributed by atoms with E-state index in [1.165, 1.54) is 6.92 Å². The monoisotopic (exact) mass is 334 g/mol. The van der Waals surface area contributed by atoms with Crippen LogP contribution in [0.25, 0.3) is 0 Å². The first kappa shape index (κ1) is 16.8. The second kappa shape index (κ2) is 7.25. The molecule has 0 spiro atoms. The van der Waals surface area contributed by atoms with Crippen LogP contribution in [0.15, 0.2) is 30.3 Å². The fourth-order valence-electron chi connectivity index (χ4n) is 2.90. The summed E-state index contributed by atoms with van der Waals surface area (Å²) in [6.07, 6.45) is -3.05. The minimum absolute atomic E-state index is 0.0316. The molecule has 8 nitrogen and oxygen atoms in total. The quantitative estimate of drug-likeness (QED) is 0.623. The van der Waals surface area contributed by atoms with Gasteiger partial charge >= 0.3 is 5.97 Å². The normalized spacial score (nSPS) is 29.9. The molecule has 0 radical (unpaired) electrons. The van der Waals surface area contributed by atoms with Gasteiger partial charge in [0, 0.05) is 6.92 Å². The molecular weight excluding hydrogens is 316 g/mol. The van der Waals surface area contributed by atoms with E-state index in [0.717, 1.165) is 10.6 Å². The van der Waals surface area contributed by atoms with Crippen molar-refractivity contribution in [2.75, 3.05) is 6.79 Å². The third-order valence-electron chi connectivity index (χ3n) is 3.95. The Morgan fingerprint density at radius 3 is 2.88 bits per heavy atom. The Morgan fingerprint density at radius 2 is 2.21 bits per heavy atom. The van der Waals surface area contributed by atoms with Gasteiger partial charge in [0.25, 0.3) is 0 Å². The Labute approximate surface area is 139 Å². The highest BCUT2D eigenvalue weighted by Gasteiger charge is 2.55. The molecule has 2 heterocycles. The van der Waals surface area contributed by atoms with Crippen LogP contribution < -0.4 is 0 Å². The maximum Gasteiger partial charge on any atom is 0.303 e. The van der Waals surface area contributed by atoms with E-state index in [2.05, 4.69) is 0 Å². The molecule has 1 N–H and O–H groups in total. The second-order valence-electron chi connectivity index (χ2n) is 5.62.